The SMILES string of the molecule is Cc1c(-c2ncco2)sc2c1c(=O)n(C(C)(C)C(=O)O)c(=O)n2CC(OC1CCOCC1)c1ccccc1COCc1ccccc1. The number of rotatable bonds is 12. The lowest BCUT2D eigenvalue weighted by molar-refractivity contribution is -0.146. The Balaban J connectivity index is 1.48. The average molecular weight is 660 g/mol. The highest BCUT2D eigenvalue weighted by molar-refractivity contribution is 7.22. The van der Waals surface area contributed by atoms with Crippen molar-refractivity contribution in [2.45, 2.75) is 71.1 Å². The van der Waals surface area contributed by atoms with Crippen LogP contribution in [0.1, 0.15) is 55.0 Å². The molecule has 0 aliphatic carbocycles. The number of aromatic nitrogens is 3. The van der Waals surface area contributed by atoms with Crippen molar-refractivity contribution >= 4 is 27.5 Å². The lowest BCUT2D eigenvalue weighted by Crippen LogP contribution is -2.52. The minimum atomic E-state index is -1.83. The summed E-state index contributed by atoms with van der Waals surface area (Å²) in [6.07, 6.45) is 3.55. The highest BCUT2D eigenvalue weighted by atomic mass is 32.1. The van der Waals surface area contributed by atoms with Crippen molar-refractivity contribution in [3.05, 3.63) is 110 Å². The molecule has 1 fully saturated rings. The molecule has 0 saturated carbocycles. The van der Waals surface area contributed by atoms with Gasteiger partial charge in [-0.15, -0.1) is 11.3 Å². The minimum absolute atomic E-state index is 0.0172. The third-order valence-electron chi connectivity index (χ3n) is 8.57. The van der Waals surface area contributed by atoms with Crippen molar-refractivity contribution < 1.29 is 28.5 Å². The molecule has 246 valence electrons. The predicted octanol–water partition coefficient (Wildman–Crippen LogP) is 5.66. The molecular weight excluding hydrogens is 622 g/mol. The van der Waals surface area contributed by atoms with E-state index < -0.39 is 28.9 Å². The first-order valence-corrected chi connectivity index (χ1v) is 16.3. The number of carboxylic acid groups (broad SMARTS) is 1. The molecule has 12 heteroatoms. The Morgan fingerprint density at radius 3 is 2.51 bits per heavy atom. The molecule has 0 amide bonds. The molecule has 1 aliphatic heterocycles. The molecule has 1 N–H and O–H groups in total. The van der Waals surface area contributed by atoms with Crippen LogP contribution in [0, 0.1) is 6.92 Å². The summed E-state index contributed by atoms with van der Waals surface area (Å²) in [5, 5.41) is 10.4. The van der Waals surface area contributed by atoms with Gasteiger partial charge in [-0.2, -0.15) is 0 Å². The van der Waals surface area contributed by atoms with Crippen molar-refractivity contribution in [2.24, 2.45) is 0 Å². The molecule has 1 aliphatic rings. The van der Waals surface area contributed by atoms with Gasteiger partial charge in [0, 0.05) is 13.2 Å². The Kier molecular flexibility index (Phi) is 9.55. The van der Waals surface area contributed by atoms with Crippen LogP contribution in [0.25, 0.3) is 21.0 Å². The van der Waals surface area contributed by atoms with Gasteiger partial charge in [0.2, 0.25) is 5.89 Å². The summed E-state index contributed by atoms with van der Waals surface area (Å²) < 4.78 is 26.4. The van der Waals surface area contributed by atoms with Gasteiger partial charge < -0.3 is 23.7 Å². The zero-order valence-corrected chi connectivity index (χ0v) is 27.3. The van der Waals surface area contributed by atoms with E-state index in [9.17, 15) is 19.5 Å². The topological polar surface area (TPSA) is 135 Å². The van der Waals surface area contributed by atoms with E-state index in [1.165, 1.54) is 42.2 Å². The van der Waals surface area contributed by atoms with Crippen LogP contribution in [0.5, 0.6) is 0 Å². The first kappa shape index (κ1) is 32.6. The van der Waals surface area contributed by atoms with Crippen molar-refractivity contribution in [3.63, 3.8) is 0 Å². The van der Waals surface area contributed by atoms with Crippen LogP contribution < -0.4 is 11.2 Å². The highest BCUT2D eigenvalue weighted by Gasteiger charge is 2.36. The van der Waals surface area contributed by atoms with Crippen LogP contribution in [-0.2, 0) is 44.3 Å². The Morgan fingerprint density at radius 1 is 1.09 bits per heavy atom. The molecule has 1 unspecified atom stereocenters. The molecular formula is C35H37N3O8S. The number of aryl methyl sites for hydroxylation is 1. The quantitative estimate of drug-likeness (QED) is 0.180. The smallest absolute Gasteiger partial charge is 0.333 e. The number of thiophene rings is 1. The summed E-state index contributed by atoms with van der Waals surface area (Å²) in [5.74, 6) is -0.999. The molecule has 6 rings (SSSR count). The molecule has 0 bridgehead atoms. The summed E-state index contributed by atoms with van der Waals surface area (Å²) in [5.41, 5.74) is 0.0764. The molecule has 5 aromatic rings. The summed E-state index contributed by atoms with van der Waals surface area (Å²) in [4.78, 5) is 46.0. The van der Waals surface area contributed by atoms with Crippen LogP contribution in [-0.4, -0.2) is 44.5 Å². The third-order valence-corrected chi connectivity index (χ3v) is 9.87. The van der Waals surface area contributed by atoms with Crippen LogP contribution in [0.15, 0.2) is 81.1 Å². The molecule has 3 aromatic heterocycles. The summed E-state index contributed by atoms with van der Waals surface area (Å²) in [6, 6.07) is 17.7. The first-order chi connectivity index (χ1) is 22.7. The van der Waals surface area contributed by atoms with E-state index in [0.29, 0.717) is 60.4 Å². The minimum Gasteiger partial charge on any atom is -0.480 e. The van der Waals surface area contributed by atoms with Gasteiger partial charge in [-0.05, 0) is 55.9 Å². The summed E-state index contributed by atoms with van der Waals surface area (Å²) >= 11 is 1.21. The molecule has 11 nitrogen and oxygen atoms in total. The Hall–Kier alpha value is -4.36. The summed E-state index contributed by atoms with van der Waals surface area (Å²) in [6.45, 7) is 6.32. The van der Waals surface area contributed by atoms with E-state index in [1.807, 2.05) is 54.6 Å². The Labute approximate surface area is 275 Å². The fraction of sp³-hybridized carbons (Fsp3) is 0.371. The highest BCUT2D eigenvalue weighted by Crippen LogP contribution is 2.37. The lowest BCUT2D eigenvalue weighted by Gasteiger charge is -2.30. The zero-order valence-electron chi connectivity index (χ0n) is 26.5. The van der Waals surface area contributed by atoms with Crippen molar-refractivity contribution in [1.29, 1.82) is 0 Å². The molecule has 1 saturated heterocycles. The second-order valence-corrected chi connectivity index (χ2v) is 13.1. The molecule has 0 spiro atoms. The van der Waals surface area contributed by atoms with Crippen LogP contribution in [0.3, 0.4) is 0 Å². The molecule has 47 heavy (non-hydrogen) atoms. The fourth-order valence-corrected chi connectivity index (χ4v) is 7.14. The van der Waals surface area contributed by atoms with E-state index in [0.717, 1.165) is 21.3 Å². The van der Waals surface area contributed by atoms with Gasteiger partial charge in [0.15, 0.2) is 0 Å². The maximum atomic E-state index is 14.4. The second kappa shape index (κ2) is 13.8. The van der Waals surface area contributed by atoms with Crippen LogP contribution >= 0.6 is 11.3 Å². The molecule has 1 atom stereocenters. The monoisotopic (exact) mass is 659 g/mol. The van der Waals surface area contributed by atoms with E-state index >= 15 is 0 Å². The predicted molar refractivity (Wildman–Crippen MR) is 177 cm³/mol. The maximum Gasteiger partial charge on any atom is 0.333 e. The largest absolute Gasteiger partial charge is 0.480 e. The number of carbonyl (C=O) groups is 1. The number of ether oxygens (including phenoxy) is 3. The van der Waals surface area contributed by atoms with Crippen LogP contribution in [0.4, 0.5) is 0 Å². The van der Waals surface area contributed by atoms with Gasteiger partial charge in [0.05, 0.1) is 42.3 Å². The van der Waals surface area contributed by atoms with Gasteiger partial charge in [-0.25, -0.2) is 19.1 Å². The van der Waals surface area contributed by atoms with Crippen LogP contribution in [0.2, 0.25) is 0 Å². The van der Waals surface area contributed by atoms with E-state index in [-0.39, 0.29) is 18.0 Å². The molecule has 2 aromatic carbocycles. The maximum absolute atomic E-state index is 14.4. The number of hydrogen-bond acceptors (Lipinski definition) is 9. The van der Waals surface area contributed by atoms with E-state index in [2.05, 4.69) is 4.98 Å². The number of hydrogen-bond donors (Lipinski definition) is 1. The second-order valence-electron chi connectivity index (χ2n) is 12.1. The summed E-state index contributed by atoms with van der Waals surface area (Å²) in [7, 11) is 0. The van der Waals surface area contributed by atoms with Crippen molar-refractivity contribution in [2.75, 3.05) is 13.2 Å². The van der Waals surface area contributed by atoms with Gasteiger partial charge in [0.1, 0.15) is 22.7 Å². The lowest BCUT2D eigenvalue weighted by atomic mass is 10.0. The number of oxazole rings is 1. The zero-order chi connectivity index (χ0) is 33.1. The third kappa shape index (κ3) is 6.59. The van der Waals surface area contributed by atoms with Gasteiger partial charge >= 0.3 is 11.7 Å². The van der Waals surface area contributed by atoms with Crippen molar-refractivity contribution in [1.82, 2.24) is 14.1 Å². The normalized spacial score (nSPS) is 14.9. The number of fused-ring (bicyclic) bond motifs is 1. The number of carboxylic acids is 1. The molecule has 0 radical (unpaired) electrons. The van der Waals surface area contributed by atoms with E-state index in [4.69, 9.17) is 18.6 Å². The van der Waals surface area contributed by atoms with Gasteiger partial charge in [-0.1, -0.05) is 54.6 Å². The number of aliphatic carboxylic acids is 1. The van der Waals surface area contributed by atoms with Crippen molar-refractivity contribution in [3.8, 4) is 10.8 Å². The van der Waals surface area contributed by atoms with Gasteiger partial charge in [-0.3, -0.25) is 9.36 Å². The Bertz CT molecular complexity index is 1970. The average Bonchev–Trinajstić information content (AvgIpc) is 3.72. The molecule has 4 heterocycles. The number of nitrogens with zero attached hydrogens (tertiary/aromatic N) is 3. The Morgan fingerprint density at radius 2 is 1.81 bits per heavy atom. The number of benzene rings is 2. The standard InChI is InChI=1S/C35H37N3O8S/c1-22-28-31(39)38(35(2,3)33(40)41)34(42)37(32(28)47-29(22)30-36-15-18-45-30)19-27(46-25-13-16-43-17-14-25)26-12-8-7-11-24(26)21-44-20-23-9-5-4-6-10-23/h4-12,15,18,25,27H,13-14,16-17,19-21H2,1-3H3,(H,40,41). The first-order valence-electron chi connectivity index (χ1n) is 15.5. The van der Waals surface area contributed by atoms with Gasteiger partial charge in [0.25, 0.3) is 5.56 Å². The fourth-order valence-electron chi connectivity index (χ4n) is 5.89. The van der Waals surface area contributed by atoms with E-state index in [1.54, 1.807) is 6.92 Å².